The fourth-order valence-electron chi connectivity index (χ4n) is 12.6. The number of nitrogens with one attached hydrogen (secondary N) is 7. The van der Waals surface area contributed by atoms with Crippen molar-refractivity contribution in [1.29, 1.82) is 0 Å². The van der Waals surface area contributed by atoms with E-state index < -0.39 is 231 Å². The lowest BCUT2D eigenvalue weighted by atomic mass is 9.78. The Bertz CT molecular complexity index is 3490. The normalized spacial score (nSPS) is 23.3. The molecule has 126 heavy (non-hydrogen) atoms. The van der Waals surface area contributed by atoms with Gasteiger partial charge >= 0.3 is 59.7 Å². The number of fused-ring (bicyclic) bond motifs is 1. The predicted molar refractivity (Wildman–Crippen MR) is 416 cm³/mol. The quantitative estimate of drug-likeness (QED) is 0.0161. The molecule has 0 aromatic rings. The second-order valence-corrected chi connectivity index (χ2v) is 28.4. The first-order valence-electron chi connectivity index (χ1n) is 40.7. The highest BCUT2D eigenvalue weighted by Crippen LogP contribution is 2.43. The first kappa shape index (κ1) is 109. The van der Waals surface area contributed by atoms with Crippen LogP contribution in [0.1, 0.15) is 115 Å². The van der Waals surface area contributed by atoms with E-state index in [1.807, 2.05) is 0 Å². The van der Waals surface area contributed by atoms with Gasteiger partial charge in [-0.3, -0.25) is 71.9 Å². The van der Waals surface area contributed by atoms with Gasteiger partial charge in [-0.25, -0.2) is 9.59 Å². The van der Waals surface area contributed by atoms with Crippen molar-refractivity contribution in [1.82, 2.24) is 37.2 Å². The maximum atomic E-state index is 13.8. The predicted octanol–water partition coefficient (Wildman–Crippen LogP) is -4.86. The molecule has 0 spiro atoms. The number of hydrogen-bond acceptors (Lipinski definition) is 41. The standard InChI is InChI=1S/C77H121N7O42/c1-44(85)80-63-68(121-53(10)94)65(118-50(7)91)57(38-115-47(4)88)123-73(63)112-35-32-106-23-20-103-26-29-109-41-60(96)78-18-14-12-16-55(82-62(98)43-111-31-28-105-22-25-108-34-37-114-76-77(84-46(3)87)70(126-75(77)102)67(120-52(9)93)59(125-76)40-117-49(6)90)71(99)83-56(72(100)101)17-13-15-19-79-61(97)42-110-30-27-104-21-24-107-33-36-113-74-64(81-45(2)86)69(122-54(11)95)66(119-51(8)92)58(124-74)39-116-48(5)89/h55-59,63-70,73-74,76H,12-43H2,1-11H3,(H,78,96)(H,79,97)(H,80,85)(H,81,86)(H,82,98)(H,83,99)(H,84,87)(H,100,101)/t55?,56?,57-,58-,59-,63-,64-,65?,66?,67?,68-,69-,70+,73?,74?,76?,77+/m1/s1. The van der Waals surface area contributed by atoms with Crippen LogP contribution in [-0.2, 0) is 195 Å². The minimum absolute atomic E-state index is 0.00371. The van der Waals surface area contributed by atoms with E-state index in [9.17, 15) is 86.6 Å². The molecule has 49 heteroatoms. The molecule has 4 aliphatic rings. The molecule has 49 nitrogen and oxygen atoms in total. The Morgan fingerprint density at radius 2 is 0.698 bits per heavy atom. The summed E-state index contributed by atoms with van der Waals surface area (Å²) in [5, 5.41) is 28.3. The monoisotopic (exact) mass is 1820 g/mol. The molecule has 0 radical (unpaired) electrons. The van der Waals surface area contributed by atoms with Gasteiger partial charge in [-0.2, -0.15) is 0 Å². The van der Waals surface area contributed by atoms with Gasteiger partial charge in [-0.05, 0) is 38.5 Å². The van der Waals surface area contributed by atoms with Crippen molar-refractivity contribution in [2.45, 2.75) is 218 Å². The van der Waals surface area contributed by atoms with Crippen molar-refractivity contribution in [3.05, 3.63) is 0 Å². The van der Waals surface area contributed by atoms with Crippen LogP contribution in [0.5, 0.6) is 0 Å². The van der Waals surface area contributed by atoms with Gasteiger partial charge in [0.25, 0.3) is 0 Å². The SMILES string of the molecule is CC(=O)N[C@H]1C(OCCOCCOCCOCC(=O)NCCCCC(NC(=O)C(CCCCNC(=O)COCCOCCOCCOC2O[C@H](COC(C)=O)C(OC(C)=O)[C@H](OC(C)=O)[C@H]2NC(C)=O)NC(=O)COCCOCCOCCOC2O[C@H](COC(C)=O)C(OC(C)=O)[C@@H]3OC(=O)[C@]23NC(C)=O)C(=O)O)O[C@H](COC(C)=O)C(OC(C)=O)[C@@H]1OC(C)=O. The summed E-state index contributed by atoms with van der Waals surface area (Å²) in [7, 11) is 0. The van der Waals surface area contributed by atoms with Crippen molar-refractivity contribution < 1.29 is 200 Å². The van der Waals surface area contributed by atoms with Gasteiger partial charge in [-0.15, -0.1) is 0 Å². The molecule has 0 saturated carbocycles. The number of hydrogen-bond donors (Lipinski definition) is 8. The van der Waals surface area contributed by atoms with E-state index in [1.54, 1.807) is 0 Å². The Morgan fingerprint density at radius 1 is 0.365 bits per heavy atom. The van der Waals surface area contributed by atoms with Crippen LogP contribution in [-0.4, -0.2) is 381 Å². The van der Waals surface area contributed by atoms with Crippen LogP contribution in [0.4, 0.5) is 0 Å². The lowest BCUT2D eigenvalue weighted by Crippen LogP contribution is -2.84. The second kappa shape index (κ2) is 60.2. The van der Waals surface area contributed by atoms with Gasteiger partial charge < -0.3 is 156 Å². The number of carbonyl (C=O) groups excluding carboxylic acids is 16. The molecule has 8 N–H and O–H groups in total. The summed E-state index contributed by atoms with van der Waals surface area (Å²) in [5.74, 6) is -12.4. The van der Waals surface area contributed by atoms with Gasteiger partial charge in [0.2, 0.25) is 46.9 Å². The van der Waals surface area contributed by atoms with Crippen LogP contribution < -0.4 is 37.2 Å². The molecule has 4 saturated heterocycles. The molecule has 17 atom stereocenters. The maximum Gasteiger partial charge on any atom is 0.341 e. The Labute approximate surface area is 726 Å². The van der Waals surface area contributed by atoms with E-state index >= 15 is 0 Å². The summed E-state index contributed by atoms with van der Waals surface area (Å²) < 4.78 is 133. The molecular weight excluding hydrogens is 1690 g/mol. The van der Waals surface area contributed by atoms with E-state index in [0.29, 0.717) is 12.8 Å². The van der Waals surface area contributed by atoms with Gasteiger partial charge in [-0.1, -0.05) is 0 Å². The average Bonchev–Trinajstić information content (AvgIpc) is 0.702. The van der Waals surface area contributed by atoms with Gasteiger partial charge in [0.05, 0.1) is 119 Å². The molecule has 4 fully saturated rings. The summed E-state index contributed by atoms with van der Waals surface area (Å²) >= 11 is 0. The molecule has 0 aromatic heterocycles. The lowest BCUT2D eigenvalue weighted by molar-refractivity contribution is -0.331. The Hall–Kier alpha value is -9.61. The fraction of sp³-hybridized carbons (Fsp3) is 0.779. The second-order valence-electron chi connectivity index (χ2n) is 28.4. The summed E-state index contributed by atoms with van der Waals surface area (Å²) in [6.45, 7) is 10.3. The number of carboxylic acid groups (broad SMARTS) is 1. The molecular formula is C77H121N7O42. The highest BCUT2D eigenvalue weighted by molar-refractivity contribution is 5.94. The number of carbonyl (C=O) groups is 17. The van der Waals surface area contributed by atoms with E-state index in [-0.39, 0.29) is 171 Å². The number of amides is 7. The maximum absolute atomic E-state index is 13.8. The van der Waals surface area contributed by atoms with Crippen LogP contribution in [0.25, 0.3) is 0 Å². The number of rotatable bonds is 64. The third-order valence-corrected chi connectivity index (χ3v) is 17.8. The lowest BCUT2D eigenvalue weighted by Gasteiger charge is -2.56. The highest BCUT2D eigenvalue weighted by atomic mass is 16.7. The van der Waals surface area contributed by atoms with Crippen LogP contribution in [0, 0.1) is 0 Å². The van der Waals surface area contributed by atoms with Crippen molar-refractivity contribution in [2.75, 3.05) is 172 Å². The Balaban J connectivity index is 1.19. The zero-order chi connectivity index (χ0) is 93.1. The van der Waals surface area contributed by atoms with Gasteiger partial charge in [0, 0.05) is 89.3 Å². The molecule has 716 valence electrons. The first-order chi connectivity index (χ1) is 60.0. The van der Waals surface area contributed by atoms with Crippen molar-refractivity contribution in [3.63, 3.8) is 0 Å². The summed E-state index contributed by atoms with van der Waals surface area (Å²) in [6, 6.07) is -5.03. The van der Waals surface area contributed by atoms with E-state index in [1.165, 1.54) is 13.8 Å². The summed E-state index contributed by atoms with van der Waals surface area (Å²) in [6.07, 6.45) is -14.3. The van der Waals surface area contributed by atoms with Gasteiger partial charge in [0.1, 0.15) is 82.1 Å². The fourth-order valence-corrected chi connectivity index (χ4v) is 12.6. The van der Waals surface area contributed by atoms with Crippen LogP contribution in [0.15, 0.2) is 0 Å². The summed E-state index contributed by atoms with van der Waals surface area (Å²) in [5.41, 5.74) is -1.92. The zero-order valence-corrected chi connectivity index (χ0v) is 72.6. The smallest absolute Gasteiger partial charge is 0.341 e. The number of aliphatic carboxylic acids is 1. The molecule has 4 heterocycles. The Kier molecular flexibility index (Phi) is 51.9. The minimum Gasteiger partial charge on any atom is -0.480 e. The largest absolute Gasteiger partial charge is 0.480 e. The molecule has 8 unspecified atom stereocenters. The minimum atomic E-state index is -1.92. The molecule has 7 amide bonds. The third kappa shape index (κ3) is 42.3. The molecule has 4 aliphatic heterocycles. The number of unbranched alkanes of at least 4 members (excludes halogenated alkanes) is 2. The molecule has 0 aliphatic carbocycles. The van der Waals surface area contributed by atoms with Gasteiger partial charge in [0.15, 0.2) is 55.5 Å². The summed E-state index contributed by atoms with van der Waals surface area (Å²) in [4.78, 5) is 210. The molecule has 0 bridgehead atoms. The van der Waals surface area contributed by atoms with Crippen LogP contribution >= 0.6 is 0 Å². The number of carboxylic acids is 1. The van der Waals surface area contributed by atoms with Crippen LogP contribution in [0.2, 0.25) is 0 Å². The van der Waals surface area contributed by atoms with Crippen LogP contribution in [0.3, 0.4) is 0 Å². The molecule has 4 rings (SSSR count). The number of ether oxygens (including phenoxy) is 24. The number of esters is 9. The van der Waals surface area contributed by atoms with E-state index in [2.05, 4.69) is 37.2 Å². The Morgan fingerprint density at radius 3 is 1.05 bits per heavy atom. The first-order valence-corrected chi connectivity index (χ1v) is 40.7. The topological polar surface area (TPSA) is 616 Å². The van der Waals surface area contributed by atoms with Crippen molar-refractivity contribution in [3.8, 4) is 0 Å². The van der Waals surface area contributed by atoms with Crippen molar-refractivity contribution in [2.24, 2.45) is 0 Å². The zero-order valence-electron chi connectivity index (χ0n) is 72.6. The highest BCUT2D eigenvalue weighted by Gasteiger charge is 2.73. The van der Waals surface area contributed by atoms with E-state index in [0.717, 1.165) is 62.3 Å². The van der Waals surface area contributed by atoms with Crippen molar-refractivity contribution >= 4 is 101 Å². The average molecular weight is 1820 g/mol. The molecule has 0 aromatic carbocycles. The van der Waals surface area contributed by atoms with E-state index in [4.69, 9.17) is 114 Å². The third-order valence-electron chi connectivity index (χ3n) is 17.8.